The number of pyridine rings is 1. The number of ether oxygens (including phenoxy) is 1. The SMILES string of the molecule is COC(=O)c1ccc(CCn2c(CBr)c(Br)cc(Cl)c2=O)cc1. The van der Waals surface area contributed by atoms with Gasteiger partial charge in [-0.1, -0.05) is 39.7 Å². The van der Waals surface area contributed by atoms with E-state index in [1.54, 1.807) is 22.8 Å². The van der Waals surface area contributed by atoms with Crippen molar-refractivity contribution in [1.82, 2.24) is 4.57 Å². The molecule has 7 heteroatoms. The maximum Gasteiger partial charge on any atom is 0.337 e. The smallest absolute Gasteiger partial charge is 0.337 e. The fourth-order valence-electron chi connectivity index (χ4n) is 2.18. The second-order valence-electron chi connectivity index (χ2n) is 4.82. The van der Waals surface area contributed by atoms with E-state index in [1.165, 1.54) is 7.11 Å². The summed E-state index contributed by atoms with van der Waals surface area (Å²) in [4.78, 5) is 23.6. The normalized spacial score (nSPS) is 10.6. The van der Waals surface area contributed by atoms with E-state index in [1.807, 2.05) is 12.1 Å². The van der Waals surface area contributed by atoms with Crippen molar-refractivity contribution >= 4 is 49.4 Å². The number of aryl methyl sites for hydroxylation is 1. The molecule has 0 aliphatic carbocycles. The fraction of sp³-hybridized carbons (Fsp3) is 0.250. The van der Waals surface area contributed by atoms with Crippen molar-refractivity contribution in [2.45, 2.75) is 18.3 Å². The van der Waals surface area contributed by atoms with Crippen LogP contribution in [0.15, 0.2) is 39.6 Å². The number of benzene rings is 1. The maximum absolute atomic E-state index is 12.2. The summed E-state index contributed by atoms with van der Waals surface area (Å²) in [6.07, 6.45) is 0.647. The number of alkyl halides is 1. The molecule has 0 aliphatic rings. The van der Waals surface area contributed by atoms with Gasteiger partial charge in [-0.3, -0.25) is 4.79 Å². The molecule has 2 aromatic rings. The van der Waals surface area contributed by atoms with Crippen LogP contribution in [-0.4, -0.2) is 17.6 Å². The Kier molecular flexibility index (Phi) is 6.44. The zero-order valence-corrected chi connectivity index (χ0v) is 16.2. The van der Waals surface area contributed by atoms with E-state index in [9.17, 15) is 9.59 Å². The Morgan fingerprint density at radius 3 is 2.52 bits per heavy atom. The van der Waals surface area contributed by atoms with Gasteiger partial charge >= 0.3 is 5.97 Å². The van der Waals surface area contributed by atoms with Gasteiger partial charge < -0.3 is 9.30 Å². The molecule has 0 radical (unpaired) electrons. The first-order valence-corrected chi connectivity index (χ1v) is 9.08. The number of carbonyl (C=O) groups is 1. The summed E-state index contributed by atoms with van der Waals surface area (Å²) >= 11 is 12.8. The van der Waals surface area contributed by atoms with Gasteiger partial charge in [-0.25, -0.2) is 4.79 Å². The van der Waals surface area contributed by atoms with Crippen LogP contribution in [0.4, 0.5) is 0 Å². The maximum atomic E-state index is 12.2. The number of nitrogens with zero attached hydrogens (tertiary/aromatic N) is 1. The standard InChI is InChI=1S/C16H14Br2ClNO3/c1-23-16(22)11-4-2-10(3-5-11)6-7-20-14(9-17)12(18)8-13(19)15(20)21/h2-5,8H,6-7,9H2,1H3. The summed E-state index contributed by atoms with van der Waals surface area (Å²) < 4.78 is 7.11. The Morgan fingerprint density at radius 1 is 1.30 bits per heavy atom. The van der Waals surface area contributed by atoms with Crippen LogP contribution < -0.4 is 5.56 Å². The molecular formula is C16H14Br2ClNO3. The van der Waals surface area contributed by atoms with E-state index in [0.29, 0.717) is 23.9 Å². The molecule has 122 valence electrons. The number of halogens is 3. The summed E-state index contributed by atoms with van der Waals surface area (Å²) in [6, 6.07) is 8.74. The molecule has 0 N–H and O–H groups in total. The fourth-order valence-corrected chi connectivity index (χ4v) is 4.08. The quantitative estimate of drug-likeness (QED) is 0.494. The van der Waals surface area contributed by atoms with Crippen LogP contribution in [0.1, 0.15) is 21.6 Å². The molecule has 1 aromatic heterocycles. The lowest BCUT2D eigenvalue weighted by Crippen LogP contribution is -2.25. The third-order valence-electron chi connectivity index (χ3n) is 3.43. The van der Waals surface area contributed by atoms with Crippen molar-refractivity contribution < 1.29 is 9.53 Å². The number of carbonyl (C=O) groups excluding carboxylic acids is 1. The van der Waals surface area contributed by atoms with Gasteiger partial charge in [-0.15, -0.1) is 0 Å². The van der Waals surface area contributed by atoms with Crippen LogP contribution in [0, 0.1) is 0 Å². The van der Waals surface area contributed by atoms with E-state index in [4.69, 9.17) is 11.6 Å². The summed E-state index contributed by atoms with van der Waals surface area (Å²) in [5.41, 5.74) is 2.14. The van der Waals surface area contributed by atoms with Crippen molar-refractivity contribution in [3.63, 3.8) is 0 Å². The molecule has 0 saturated carbocycles. The average molecular weight is 464 g/mol. The van der Waals surface area contributed by atoms with E-state index in [-0.39, 0.29) is 16.6 Å². The number of methoxy groups -OCH3 is 1. The summed E-state index contributed by atoms with van der Waals surface area (Å²) in [5, 5.41) is 0.726. The minimum absolute atomic E-state index is 0.183. The Hall–Kier alpha value is -1.11. The molecule has 4 nitrogen and oxygen atoms in total. The van der Waals surface area contributed by atoms with Gasteiger partial charge in [-0.05, 0) is 46.1 Å². The third-order valence-corrected chi connectivity index (χ3v) is 4.92. The Labute approximate surface area is 155 Å². The van der Waals surface area contributed by atoms with Gasteiger partial charge in [0, 0.05) is 22.0 Å². The van der Waals surface area contributed by atoms with E-state index >= 15 is 0 Å². The van der Waals surface area contributed by atoms with Crippen molar-refractivity contribution in [2.24, 2.45) is 0 Å². The molecule has 0 amide bonds. The molecule has 0 bridgehead atoms. The van der Waals surface area contributed by atoms with Gasteiger partial charge in [0.1, 0.15) is 5.02 Å². The van der Waals surface area contributed by atoms with Crippen LogP contribution in [0.25, 0.3) is 0 Å². The van der Waals surface area contributed by atoms with Gasteiger partial charge in [0.25, 0.3) is 5.56 Å². The number of aromatic nitrogens is 1. The largest absolute Gasteiger partial charge is 0.465 e. The van der Waals surface area contributed by atoms with Crippen LogP contribution >= 0.6 is 43.5 Å². The number of hydrogen-bond donors (Lipinski definition) is 0. The summed E-state index contributed by atoms with van der Waals surface area (Å²) in [7, 11) is 1.35. The van der Waals surface area contributed by atoms with Gasteiger partial charge in [0.15, 0.2) is 0 Å². The molecule has 23 heavy (non-hydrogen) atoms. The average Bonchev–Trinajstić information content (AvgIpc) is 2.56. The lowest BCUT2D eigenvalue weighted by molar-refractivity contribution is 0.0600. The van der Waals surface area contributed by atoms with Crippen LogP contribution in [-0.2, 0) is 23.0 Å². The molecule has 0 spiro atoms. The predicted molar refractivity (Wildman–Crippen MR) is 97.5 cm³/mol. The monoisotopic (exact) mass is 461 g/mol. The number of esters is 1. The Bertz CT molecular complexity index is 772. The van der Waals surface area contributed by atoms with Crippen LogP contribution in [0.3, 0.4) is 0 Å². The highest BCUT2D eigenvalue weighted by Crippen LogP contribution is 2.21. The predicted octanol–water partition coefficient (Wildman–Crippen LogP) is 4.19. The molecule has 0 saturated heterocycles. The van der Waals surface area contributed by atoms with Crippen molar-refractivity contribution in [3.05, 3.63) is 67.0 Å². The van der Waals surface area contributed by atoms with E-state index in [0.717, 1.165) is 15.7 Å². The first-order chi connectivity index (χ1) is 11.0. The molecule has 2 rings (SSSR count). The van der Waals surface area contributed by atoms with E-state index < -0.39 is 0 Å². The second-order valence-corrected chi connectivity index (χ2v) is 6.64. The molecule has 0 atom stereocenters. The van der Waals surface area contributed by atoms with E-state index in [2.05, 4.69) is 36.6 Å². The highest BCUT2D eigenvalue weighted by Gasteiger charge is 2.12. The van der Waals surface area contributed by atoms with Gasteiger partial charge in [-0.2, -0.15) is 0 Å². The first kappa shape index (κ1) is 18.2. The van der Waals surface area contributed by atoms with Crippen molar-refractivity contribution in [3.8, 4) is 0 Å². The second kappa shape index (κ2) is 8.13. The van der Waals surface area contributed by atoms with Gasteiger partial charge in [0.2, 0.25) is 0 Å². The summed E-state index contributed by atoms with van der Waals surface area (Å²) in [5.74, 6) is -0.367. The Morgan fingerprint density at radius 2 is 1.96 bits per heavy atom. The topological polar surface area (TPSA) is 48.3 Å². The minimum Gasteiger partial charge on any atom is -0.465 e. The minimum atomic E-state index is -0.367. The molecule has 0 fully saturated rings. The van der Waals surface area contributed by atoms with Crippen LogP contribution in [0.2, 0.25) is 5.02 Å². The molecule has 1 heterocycles. The van der Waals surface area contributed by atoms with Gasteiger partial charge in [0.05, 0.1) is 12.7 Å². The zero-order valence-electron chi connectivity index (χ0n) is 12.3. The Balaban J connectivity index is 2.21. The zero-order chi connectivity index (χ0) is 17.0. The lowest BCUT2D eigenvalue weighted by atomic mass is 10.1. The number of rotatable bonds is 5. The van der Waals surface area contributed by atoms with Crippen molar-refractivity contribution in [1.29, 1.82) is 0 Å². The van der Waals surface area contributed by atoms with Crippen LogP contribution in [0.5, 0.6) is 0 Å². The molecule has 0 unspecified atom stereocenters. The highest BCUT2D eigenvalue weighted by molar-refractivity contribution is 9.10. The molecular weight excluding hydrogens is 449 g/mol. The third kappa shape index (κ3) is 4.25. The first-order valence-electron chi connectivity index (χ1n) is 6.79. The highest BCUT2D eigenvalue weighted by atomic mass is 79.9. The van der Waals surface area contributed by atoms with Crippen molar-refractivity contribution in [2.75, 3.05) is 7.11 Å². The summed E-state index contributed by atoms with van der Waals surface area (Å²) in [6.45, 7) is 0.497. The molecule has 0 aliphatic heterocycles. The lowest BCUT2D eigenvalue weighted by Gasteiger charge is -2.13. The molecule has 1 aromatic carbocycles. The number of hydrogen-bond acceptors (Lipinski definition) is 3.